The van der Waals surface area contributed by atoms with Crippen molar-refractivity contribution in [3.8, 4) is 0 Å². The molecule has 1 N–H and O–H groups in total. The van der Waals surface area contributed by atoms with E-state index in [9.17, 15) is 14.4 Å². The van der Waals surface area contributed by atoms with Gasteiger partial charge in [-0.15, -0.1) is 0 Å². The van der Waals surface area contributed by atoms with Crippen molar-refractivity contribution in [1.29, 1.82) is 0 Å². The molecular weight excluding hydrogens is 244 g/mol. The Labute approximate surface area is 114 Å². The second kappa shape index (κ2) is 5.31. The Balaban J connectivity index is 3.30. The molecule has 4 amide bonds. The van der Waals surface area contributed by atoms with Crippen LogP contribution in [0.25, 0.3) is 0 Å². The average molecular weight is 268 g/mol. The highest BCUT2D eigenvalue weighted by atomic mass is 16.2. The highest BCUT2D eigenvalue weighted by Crippen LogP contribution is 2.37. The summed E-state index contributed by atoms with van der Waals surface area (Å²) in [5.41, 5.74) is -1.64. The van der Waals surface area contributed by atoms with Crippen molar-refractivity contribution in [3.63, 3.8) is 0 Å². The summed E-state index contributed by atoms with van der Waals surface area (Å²) in [5, 5.41) is 2.35. The van der Waals surface area contributed by atoms with Crippen LogP contribution in [0.2, 0.25) is 0 Å². The van der Waals surface area contributed by atoms with Gasteiger partial charge in [0.05, 0.1) is 0 Å². The van der Waals surface area contributed by atoms with Gasteiger partial charge in [-0.1, -0.05) is 27.7 Å². The summed E-state index contributed by atoms with van der Waals surface area (Å²) in [7, 11) is 0. The summed E-state index contributed by atoms with van der Waals surface area (Å²) in [6.07, 6.45) is 2.14. The van der Waals surface area contributed by atoms with E-state index < -0.39 is 22.9 Å². The van der Waals surface area contributed by atoms with Crippen LogP contribution < -0.4 is 5.32 Å². The first-order valence-corrected chi connectivity index (χ1v) is 7.03. The number of nitrogens with zero attached hydrogens (tertiary/aromatic N) is 1. The van der Waals surface area contributed by atoms with Crippen molar-refractivity contribution in [1.82, 2.24) is 10.2 Å². The monoisotopic (exact) mass is 268 g/mol. The molecule has 1 heterocycles. The van der Waals surface area contributed by atoms with E-state index in [2.05, 4.69) is 5.32 Å². The first-order chi connectivity index (χ1) is 8.82. The van der Waals surface area contributed by atoms with Gasteiger partial charge < -0.3 is 0 Å². The second-order valence-electron chi connectivity index (χ2n) is 5.39. The number of amides is 4. The van der Waals surface area contributed by atoms with Crippen LogP contribution in [0.15, 0.2) is 0 Å². The van der Waals surface area contributed by atoms with E-state index in [4.69, 9.17) is 0 Å². The molecule has 1 saturated heterocycles. The van der Waals surface area contributed by atoms with Crippen molar-refractivity contribution in [2.24, 2.45) is 5.41 Å². The minimum Gasteiger partial charge on any atom is -0.277 e. The van der Waals surface area contributed by atoms with Crippen LogP contribution in [0, 0.1) is 5.41 Å². The first-order valence-electron chi connectivity index (χ1n) is 7.03. The Bertz CT molecular complexity index is 395. The molecule has 0 spiro atoms. The van der Waals surface area contributed by atoms with Gasteiger partial charge in [0.25, 0.3) is 0 Å². The van der Waals surface area contributed by atoms with Crippen LogP contribution >= 0.6 is 0 Å². The number of rotatable bonds is 5. The van der Waals surface area contributed by atoms with Crippen LogP contribution in [0.3, 0.4) is 0 Å². The van der Waals surface area contributed by atoms with Crippen LogP contribution in [0.4, 0.5) is 4.79 Å². The normalized spacial score (nSPS) is 19.6. The maximum atomic E-state index is 12.7. The molecule has 0 saturated carbocycles. The minimum absolute atomic E-state index is 0.350. The highest BCUT2D eigenvalue weighted by Gasteiger charge is 2.55. The lowest BCUT2D eigenvalue weighted by atomic mass is 9.76. The number of hydrogen-bond acceptors (Lipinski definition) is 3. The lowest BCUT2D eigenvalue weighted by molar-refractivity contribution is -0.156. The van der Waals surface area contributed by atoms with Crippen molar-refractivity contribution < 1.29 is 14.4 Å². The van der Waals surface area contributed by atoms with Gasteiger partial charge in [-0.2, -0.15) is 0 Å². The average Bonchev–Trinajstić information content (AvgIpc) is 2.39. The Morgan fingerprint density at radius 3 is 1.89 bits per heavy atom. The van der Waals surface area contributed by atoms with E-state index in [1.54, 1.807) is 0 Å². The van der Waals surface area contributed by atoms with Crippen molar-refractivity contribution in [2.75, 3.05) is 0 Å². The molecular formula is C14H24N2O3. The van der Waals surface area contributed by atoms with Crippen LogP contribution in [0.1, 0.15) is 60.3 Å². The highest BCUT2D eigenvalue weighted by molar-refractivity contribution is 6.19. The number of nitrogens with one attached hydrogen (secondary N) is 1. The number of carbonyl (C=O) groups is 3. The summed E-state index contributed by atoms with van der Waals surface area (Å²) < 4.78 is 0. The van der Waals surface area contributed by atoms with E-state index >= 15 is 0 Å². The maximum Gasteiger partial charge on any atom is 0.331 e. The van der Waals surface area contributed by atoms with E-state index in [0.29, 0.717) is 25.7 Å². The lowest BCUT2D eigenvalue weighted by Gasteiger charge is -2.46. The van der Waals surface area contributed by atoms with Crippen LogP contribution in [0.5, 0.6) is 0 Å². The summed E-state index contributed by atoms with van der Waals surface area (Å²) in [4.78, 5) is 38.1. The van der Waals surface area contributed by atoms with Crippen LogP contribution in [-0.2, 0) is 9.59 Å². The van der Waals surface area contributed by atoms with Gasteiger partial charge in [-0.25, -0.2) is 4.79 Å². The molecule has 1 aliphatic heterocycles. The third-order valence-corrected chi connectivity index (χ3v) is 4.74. The molecule has 0 radical (unpaired) electrons. The topological polar surface area (TPSA) is 66.5 Å². The molecule has 0 atom stereocenters. The predicted molar refractivity (Wildman–Crippen MR) is 72.4 cm³/mol. The Morgan fingerprint density at radius 1 is 1.05 bits per heavy atom. The van der Waals surface area contributed by atoms with Crippen molar-refractivity contribution in [2.45, 2.75) is 65.8 Å². The third kappa shape index (κ3) is 2.15. The molecule has 5 heteroatoms. The minimum atomic E-state index is -1.10. The molecule has 0 aliphatic carbocycles. The second-order valence-corrected chi connectivity index (χ2v) is 5.39. The molecule has 5 nitrogen and oxygen atoms in total. The number of hydrogen-bond donors (Lipinski definition) is 1. The fourth-order valence-electron chi connectivity index (χ4n) is 2.61. The third-order valence-electron chi connectivity index (χ3n) is 4.74. The largest absolute Gasteiger partial charge is 0.331 e. The molecule has 0 aromatic rings. The molecule has 1 fully saturated rings. The number of urea groups is 1. The van der Waals surface area contributed by atoms with Gasteiger partial charge in [-0.3, -0.25) is 19.8 Å². The van der Waals surface area contributed by atoms with Gasteiger partial charge >= 0.3 is 6.03 Å². The fourth-order valence-corrected chi connectivity index (χ4v) is 2.61. The van der Waals surface area contributed by atoms with E-state index in [1.165, 1.54) is 4.90 Å². The summed E-state index contributed by atoms with van der Waals surface area (Å²) in [5.74, 6) is -0.809. The fraction of sp³-hybridized carbons (Fsp3) is 0.786. The van der Waals surface area contributed by atoms with Crippen LogP contribution in [-0.4, -0.2) is 28.3 Å². The van der Waals surface area contributed by atoms with Crippen molar-refractivity contribution >= 4 is 17.8 Å². The summed E-state index contributed by atoms with van der Waals surface area (Å²) in [6, 6.07) is -0.585. The first kappa shape index (κ1) is 15.7. The van der Waals surface area contributed by atoms with Gasteiger partial charge in [0.2, 0.25) is 11.8 Å². The Kier molecular flexibility index (Phi) is 4.38. The van der Waals surface area contributed by atoms with Gasteiger partial charge in [-0.05, 0) is 32.6 Å². The number of carbonyl (C=O) groups excluding carboxylic acids is 3. The molecule has 1 aliphatic rings. The zero-order valence-electron chi connectivity index (χ0n) is 12.5. The quantitative estimate of drug-likeness (QED) is 0.779. The van der Waals surface area contributed by atoms with Gasteiger partial charge in [0, 0.05) is 5.54 Å². The molecule has 1 rings (SSSR count). The molecule has 0 aromatic carbocycles. The molecule has 0 bridgehead atoms. The zero-order valence-corrected chi connectivity index (χ0v) is 12.5. The SMILES string of the molecule is CCC1(CC)C(=O)NC(=O)N(C(C)(CC)CC)C1=O. The van der Waals surface area contributed by atoms with E-state index in [0.717, 1.165) is 0 Å². The van der Waals surface area contributed by atoms with E-state index in [-0.39, 0.29) is 5.91 Å². The maximum absolute atomic E-state index is 12.7. The number of barbiturate groups is 1. The predicted octanol–water partition coefficient (Wildman–Crippen LogP) is 2.45. The Hall–Kier alpha value is -1.39. The summed E-state index contributed by atoms with van der Waals surface area (Å²) >= 11 is 0. The van der Waals surface area contributed by atoms with Crippen molar-refractivity contribution in [3.05, 3.63) is 0 Å². The standard InChI is InChI=1S/C14H24N2O3/c1-6-13(5,7-2)16-11(18)14(8-3,9-4)10(17)15-12(16)19/h6-9H2,1-5H3,(H,15,17,19). The lowest BCUT2D eigenvalue weighted by Crippen LogP contribution is -2.68. The molecule has 108 valence electrons. The van der Waals surface area contributed by atoms with Gasteiger partial charge in [0.15, 0.2) is 0 Å². The molecule has 0 aromatic heterocycles. The van der Waals surface area contributed by atoms with Gasteiger partial charge in [0.1, 0.15) is 5.41 Å². The smallest absolute Gasteiger partial charge is 0.277 e. The Morgan fingerprint density at radius 2 is 1.53 bits per heavy atom. The number of imide groups is 2. The summed E-state index contributed by atoms with van der Waals surface area (Å²) in [6.45, 7) is 9.39. The molecule has 19 heavy (non-hydrogen) atoms. The van der Waals surface area contributed by atoms with E-state index in [1.807, 2.05) is 34.6 Å². The molecule has 0 unspecified atom stereocenters. The zero-order chi connectivity index (χ0) is 14.8.